The fourth-order valence-corrected chi connectivity index (χ4v) is 0. The summed E-state index contributed by atoms with van der Waals surface area (Å²) in [5.74, 6) is -1.45. The molecule has 0 heterocycles. The molecule has 0 spiro atoms. The van der Waals surface area contributed by atoms with E-state index in [2.05, 4.69) is 18.0 Å². The van der Waals surface area contributed by atoms with Crippen molar-refractivity contribution >= 4 is 11.9 Å². The van der Waals surface area contributed by atoms with E-state index in [1.165, 1.54) is 0 Å². The summed E-state index contributed by atoms with van der Waals surface area (Å²) in [5.41, 5.74) is 9.11. The van der Waals surface area contributed by atoms with Gasteiger partial charge in [-0.2, -0.15) is 0 Å². The predicted octanol–water partition coefficient (Wildman–Crippen LogP) is -1.31. The maximum absolute atomic E-state index is 9.47. The van der Waals surface area contributed by atoms with Crippen molar-refractivity contribution < 1.29 is 14.7 Å². The van der Waals surface area contributed by atoms with Crippen molar-refractivity contribution in [1.29, 1.82) is 0 Å². The van der Waals surface area contributed by atoms with Crippen LogP contribution in [-0.4, -0.2) is 23.5 Å². The zero-order valence-electron chi connectivity index (χ0n) is 5.41. The Hall–Kier alpha value is -1.36. The summed E-state index contributed by atoms with van der Waals surface area (Å²) in [4.78, 5) is 18.7. The first kappa shape index (κ1) is 11.4. The summed E-state index contributed by atoms with van der Waals surface area (Å²) in [6.07, 6.45) is 1.06. The van der Waals surface area contributed by atoms with Gasteiger partial charge < -0.3 is 16.6 Å². The molecule has 5 heteroatoms. The van der Waals surface area contributed by atoms with Crippen LogP contribution in [0.3, 0.4) is 0 Å². The van der Waals surface area contributed by atoms with Gasteiger partial charge >= 0.3 is 5.97 Å². The molecule has 5 nitrogen and oxygen atoms in total. The van der Waals surface area contributed by atoms with Gasteiger partial charge in [0.05, 0.1) is 6.54 Å². The van der Waals surface area contributed by atoms with Crippen molar-refractivity contribution in [3.8, 4) is 0 Å². The second kappa shape index (κ2) is 7.64. The molecule has 0 atom stereocenters. The van der Waals surface area contributed by atoms with E-state index in [4.69, 9.17) is 5.11 Å². The van der Waals surface area contributed by atoms with Gasteiger partial charge in [-0.15, -0.1) is 0 Å². The summed E-state index contributed by atoms with van der Waals surface area (Å²) < 4.78 is 0. The molecule has 0 aromatic heterocycles. The third kappa shape index (κ3) is 30.3. The number of rotatable bonds is 2. The second-order valence-electron chi connectivity index (χ2n) is 1.20. The first-order valence-electron chi connectivity index (χ1n) is 2.38. The molecule has 58 valence electrons. The van der Waals surface area contributed by atoms with Crippen LogP contribution in [0.1, 0.15) is 0 Å². The number of hydrogen-bond acceptors (Lipinski definition) is 3. The number of carbonyl (C=O) groups is 2. The highest BCUT2D eigenvalue weighted by molar-refractivity contribution is 5.84. The number of carbonyl (C=O) groups excluding carboxylic acids is 1. The van der Waals surface area contributed by atoms with Crippen LogP contribution in [0.15, 0.2) is 12.7 Å². The molecule has 0 radical (unpaired) electrons. The van der Waals surface area contributed by atoms with E-state index >= 15 is 0 Å². The molecule has 10 heavy (non-hydrogen) atoms. The van der Waals surface area contributed by atoms with Crippen molar-refractivity contribution in [3.05, 3.63) is 12.7 Å². The van der Waals surface area contributed by atoms with Crippen molar-refractivity contribution in [3.63, 3.8) is 0 Å². The molecular formula is C5H10N2O3. The van der Waals surface area contributed by atoms with E-state index in [1.54, 1.807) is 0 Å². The zero-order chi connectivity index (χ0) is 8.57. The lowest BCUT2D eigenvalue weighted by Gasteiger charge is -1.73. The van der Waals surface area contributed by atoms with Crippen LogP contribution in [0, 0.1) is 0 Å². The van der Waals surface area contributed by atoms with E-state index in [0.717, 1.165) is 6.08 Å². The van der Waals surface area contributed by atoms with Crippen LogP contribution in [0.2, 0.25) is 0 Å². The van der Waals surface area contributed by atoms with E-state index in [-0.39, 0.29) is 6.54 Å². The summed E-state index contributed by atoms with van der Waals surface area (Å²) in [7, 11) is 0. The Morgan fingerprint density at radius 3 is 1.80 bits per heavy atom. The predicted molar refractivity (Wildman–Crippen MR) is 36.1 cm³/mol. The van der Waals surface area contributed by atoms with Gasteiger partial charge in [-0.3, -0.25) is 9.59 Å². The quantitative estimate of drug-likeness (QED) is 0.420. The minimum absolute atomic E-state index is 0.278. The number of primary amides is 1. The summed E-state index contributed by atoms with van der Waals surface area (Å²) in [5, 5.41) is 7.60. The van der Waals surface area contributed by atoms with Crippen molar-refractivity contribution in [2.45, 2.75) is 0 Å². The Morgan fingerprint density at radius 1 is 1.60 bits per heavy atom. The maximum Gasteiger partial charge on any atom is 0.317 e. The minimum atomic E-state index is -0.968. The largest absolute Gasteiger partial charge is 0.480 e. The van der Waals surface area contributed by atoms with Gasteiger partial charge in [0, 0.05) is 0 Å². The lowest BCUT2D eigenvalue weighted by atomic mass is 10.6. The molecule has 0 fully saturated rings. The van der Waals surface area contributed by atoms with Gasteiger partial charge in [0.2, 0.25) is 5.91 Å². The van der Waals surface area contributed by atoms with Gasteiger partial charge in [0.15, 0.2) is 0 Å². The van der Waals surface area contributed by atoms with Crippen LogP contribution in [-0.2, 0) is 9.59 Å². The lowest BCUT2D eigenvalue weighted by molar-refractivity contribution is -0.135. The Labute approximate surface area is 58.3 Å². The Kier molecular flexibility index (Phi) is 8.74. The van der Waals surface area contributed by atoms with Gasteiger partial charge in [-0.25, -0.2) is 0 Å². The third-order valence-corrected chi connectivity index (χ3v) is 0.376. The van der Waals surface area contributed by atoms with Crippen molar-refractivity contribution in [2.75, 3.05) is 6.54 Å². The van der Waals surface area contributed by atoms with Crippen LogP contribution in [0.4, 0.5) is 0 Å². The van der Waals surface area contributed by atoms with Gasteiger partial charge in [-0.05, 0) is 6.08 Å². The molecule has 0 bridgehead atoms. The highest BCUT2D eigenvalue weighted by atomic mass is 16.4. The number of hydrogen-bond donors (Lipinski definition) is 3. The second-order valence-corrected chi connectivity index (χ2v) is 1.20. The number of carboxylic acids is 1. The van der Waals surface area contributed by atoms with Gasteiger partial charge in [0.1, 0.15) is 0 Å². The van der Waals surface area contributed by atoms with E-state index in [0.29, 0.717) is 0 Å². The maximum atomic E-state index is 9.47. The summed E-state index contributed by atoms with van der Waals surface area (Å²) in [6, 6.07) is 0. The van der Waals surface area contributed by atoms with Crippen LogP contribution in [0.5, 0.6) is 0 Å². The van der Waals surface area contributed by atoms with E-state index in [9.17, 15) is 9.59 Å². The molecule has 0 aromatic carbocycles. The average molecular weight is 146 g/mol. The smallest absolute Gasteiger partial charge is 0.317 e. The third-order valence-electron chi connectivity index (χ3n) is 0.376. The molecule has 0 saturated carbocycles. The minimum Gasteiger partial charge on any atom is -0.480 e. The highest BCUT2D eigenvalue weighted by Gasteiger charge is 1.81. The molecule has 0 aliphatic heterocycles. The molecular weight excluding hydrogens is 136 g/mol. The Morgan fingerprint density at radius 2 is 1.80 bits per heavy atom. The highest BCUT2D eigenvalue weighted by Crippen LogP contribution is 1.48. The standard InChI is InChI=1S/C3H5NO.C2H5NO2/c1-2-3(4)5;3-1-2(4)5/h2H,1H2,(H2,4,5);1,3H2,(H,4,5). The Bertz CT molecular complexity index is 133. The van der Waals surface area contributed by atoms with Crippen molar-refractivity contribution in [2.24, 2.45) is 11.5 Å². The van der Waals surface area contributed by atoms with Crippen LogP contribution in [0.25, 0.3) is 0 Å². The molecule has 0 aliphatic rings. The molecule has 0 saturated heterocycles. The molecule has 0 unspecified atom stereocenters. The lowest BCUT2D eigenvalue weighted by Crippen LogP contribution is -2.10. The average Bonchev–Trinajstić information content (AvgIpc) is 1.89. The number of carboxylic acid groups (broad SMARTS) is 1. The van der Waals surface area contributed by atoms with Crippen LogP contribution >= 0.6 is 0 Å². The molecule has 0 aliphatic carbocycles. The summed E-state index contributed by atoms with van der Waals surface area (Å²) in [6.45, 7) is 2.81. The zero-order valence-corrected chi connectivity index (χ0v) is 5.41. The fraction of sp³-hybridized carbons (Fsp3) is 0.200. The van der Waals surface area contributed by atoms with Crippen molar-refractivity contribution in [1.82, 2.24) is 0 Å². The summed E-state index contributed by atoms with van der Waals surface area (Å²) >= 11 is 0. The first-order valence-corrected chi connectivity index (χ1v) is 2.38. The molecule has 0 aromatic rings. The molecule has 5 N–H and O–H groups in total. The molecule has 1 amide bonds. The Balaban J connectivity index is 0. The molecule has 0 rings (SSSR count). The van der Waals surface area contributed by atoms with Gasteiger partial charge in [-0.1, -0.05) is 6.58 Å². The monoisotopic (exact) mass is 146 g/mol. The van der Waals surface area contributed by atoms with Crippen LogP contribution < -0.4 is 11.5 Å². The van der Waals surface area contributed by atoms with E-state index in [1.807, 2.05) is 0 Å². The number of nitrogens with two attached hydrogens (primary N) is 2. The van der Waals surface area contributed by atoms with Gasteiger partial charge in [0.25, 0.3) is 0 Å². The van der Waals surface area contributed by atoms with E-state index < -0.39 is 11.9 Å². The fourth-order valence-electron chi connectivity index (χ4n) is 0. The topological polar surface area (TPSA) is 106 Å². The number of aliphatic carboxylic acids is 1. The first-order chi connectivity index (χ1) is 4.54. The SMILES string of the molecule is C=CC(N)=O.NCC(=O)O. The normalized spacial score (nSPS) is 6.90. The number of amides is 1.